The second kappa shape index (κ2) is 6.02. The van der Waals surface area contributed by atoms with Gasteiger partial charge < -0.3 is 14.9 Å². The summed E-state index contributed by atoms with van der Waals surface area (Å²) in [5.74, 6) is 0.559. The van der Waals surface area contributed by atoms with Crippen molar-refractivity contribution in [1.82, 2.24) is 0 Å². The summed E-state index contributed by atoms with van der Waals surface area (Å²) < 4.78 is 5.70. The standard InChI is InChI=1S/C20H32O3/c1-13(2)6-9-17(21)19(4)10-5-11-20-15(12-23-18(20)22)14(3)7-8-16(19)20/h6,15-18,21-22H,3,5,7-12H2,1-2,4H3/t15-,16-,17-,18-,19+,20-/m0/s1. The van der Waals surface area contributed by atoms with Gasteiger partial charge in [-0.1, -0.05) is 37.1 Å². The quantitative estimate of drug-likeness (QED) is 0.777. The molecule has 0 amide bonds. The van der Waals surface area contributed by atoms with E-state index in [0.717, 1.165) is 32.1 Å². The Morgan fingerprint density at radius 3 is 2.87 bits per heavy atom. The van der Waals surface area contributed by atoms with Crippen LogP contribution in [0.2, 0.25) is 0 Å². The van der Waals surface area contributed by atoms with E-state index >= 15 is 0 Å². The minimum atomic E-state index is -0.704. The van der Waals surface area contributed by atoms with Crippen molar-refractivity contribution in [2.45, 2.75) is 71.7 Å². The molecule has 3 heteroatoms. The molecular weight excluding hydrogens is 288 g/mol. The van der Waals surface area contributed by atoms with Crippen LogP contribution in [0.4, 0.5) is 0 Å². The molecule has 2 aliphatic carbocycles. The van der Waals surface area contributed by atoms with E-state index in [9.17, 15) is 10.2 Å². The summed E-state index contributed by atoms with van der Waals surface area (Å²) in [6.07, 6.45) is 6.85. The summed E-state index contributed by atoms with van der Waals surface area (Å²) in [5.41, 5.74) is 2.10. The maximum absolute atomic E-state index is 11.0. The van der Waals surface area contributed by atoms with Crippen LogP contribution in [0, 0.1) is 22.7 Å². The predicted molar refractivity (Wildman–Crippen MR) is 91.8 cm³/mol. The number of hydrogen-bond acceptors (Lipinski definition) is 3. The van der Waals surface area contributed by atoms with Crippen LogP contribution in [-0.2, 0) is 4.74 Å². The molecule has 3 fully saturated rings. The van der Waals surface area contributed by atoms with Crippen molar-refractivity contribution >= 4 is 0 Å². The second-order valence-electron chi connectivity index (χ2n) is 8.49. The molecule has 3 aliphatic rings. The van der Waals surface area contributed by atoms with Crippen molar-refractivity contribution < 1.29 is 14.9 Å². The van der Waals surface area contributed by atoms with Crippen LogP contribution < -0.4 is 0 Å². The van der Waals surface area contributed by atoms with Crippen LogP contribution >= 0.6 is 0 Å². The zero-order valence-electron chi connectivity index (χ0n) is 14.8. The summed E-state index contributed by atoms with van der Waals surface area (Å²) in [6.45, 7) is 11.2. The smallest absolute Gasteiger partial charge is 0.161 e. The first kappa shape index (κ1) is 17.2. The first-order chi connectivity index (χ1) is 10.8. The molecule has 2 N–H and O–H groups in total. The number of aliphatic hydroxyl groups is 2. The Bertz CT molecular complexity index is 507. The fourth-order valence-electron chi connectivity index (χ4n) is 5.74. The summed E-state index contributed by atoms with van der Waals surface area (Å²) in [6, 6.07) is 0. The summed E-state index contributed by atoms with van der Waals surface area (Å²) in [7, 11) is 0. The number of rotatable bonds is 3. The Balaban J connectivity index is 1.94. The second-order valence-corrected chi connectivity index (χ2v) is 8.49. The predicted octanol–water partition coefficient (Wildman–Crippen LogP) is 3.81. The molecule has 0 unspecified atom stereocenters. The molecule has 1 aliphatic heterocycles. The maximum Gasteiger partial charge on any atom is 0.161 e. The molecule has 3 rings (SSSR count). The lowest BCUT2D eigenvalue weighted by Gasteiger charge is -2.59. The third-order valence-electron chi connectivity index (χ3n) is 7.06. The molecule has 23 heavy (non-hydrogen) atoms. The first-order valence-electron chi connectivity index (χ1n) is 9.11. The monoisotopic (exact) mass is 320 g/mol. The minimum absolute atomic E-state index is 0.155. The molecule has 0 aromatic carbocycles. The molecule has 1 heterocycles. The van der Waals surface area contributed by atoms with Crippen molar-refractivity contribution in [3.63, 3.8) is 0 Å². The van der Waals surface area contributed by atoms with Crippen molar-refractivity contribution in [2.24, 2.45) is 22.7 Å². The van der Waals surface area contributed by atoms with Gasteiger partial charge in [-0.15, -0.1) is 0 Å². The van der Waals surface area contributed by atoms with Gasteiger partial charge in [0.1, 0.15) is 0 Å². The van der Waals surface area contributed by atoms with Gasteiger partial charge in [0.25, 0.3) is 0 Å². The Kier molecular flexibility index (Phi) is 4.50. The van der Waals surface area contributed by atoms with Gasteiger partial charge in [-0.05, 0) is 57.3 Å². The van der Waals surface area contributed by atoms with Crippen molar-refractivity contribution in [3.05, 3.63) is 23.8 Å². The summed E-state index contributed by atoms with van der Waals surface area (Å²) in [4.78, 5) is 0. The molecular formula is C20H32O3. The highest BCUT2D eigenvalue weighted by atomic mass is 16.6. The van der Waals surface area contributed by atoms with Gasteiger partial charge in [0.2, 0.25) is 0 Å². The molecule has 3 nitrogen and oxygen atoms in total. The van der Waals surface area contributed by atoms with Crippen LogP contribution in [0.3, 0.4) is 0 Å². The van der Waals surface area contributed by atoms with E-state index in [1.807, 2.05) is 0 Å². The normalized spacial score (nSPS) is 44.4. The lowest BCUT2D eigenvalue weighted by molar-refractivity contribution is -0.199. The van der Waals surface area contributed by atoms with Crippen LogP contribution in [0.25, 0.3) is 0 Å². The average molecular weight is 320 g/mol. The lowest BCUT2D eigenvalue weighted by Crippen LogP contribution is -2.58. The zero-order valence-corrected chi connectivity index (χ0v) is 14.8. The number of aliphatic hydroxyl groups excluding tert-OH is 2. The van der Waals surface area contributed by atoms with Gasteiger partial charge in [-0.2, -0.15) is 0 Å². The van der Waals surface area contributed by atoms with Crippen molar-refractivity contribution in [3.8, 4) is 0 Å². The fourth-order valence-corrected chi connectivity index (χ4v) is 5.74. The SMILES string of the molecule is C=C1CC[C@H]2[C@](C)([C@@H](O)CC=C(C)C)CCC[C@@]23[C@@H](O)OC[C@@H]13. The Hall–Kier alpha value is -0.640. The molecule has 0 aromatic rings. The third-order valence-corrected chi connectivity index (χ3v) is 7.06. The summed E-state index contributed by atoms with van der Waals surface area (Å²) in [5, 5.41) is 21.7. The molecule has 0 radical (unpaired) electrons. The van der Waals surface area contributed by atoms with Gasteiger partial charge >= 0.3 is 0 Å². The fraction of sp³-hybridized carbons (Fsp3) is 0.800. The van der Waals surface area contributed by atoms with E-state index in [4.69, 9.17) is 4.74 Å². The molecule has 1 saturated heterocycles. The Morgan fingerprint density at radius 1 is 1.43 bits per heavy atom. The van der Waals surface area contributed by atoms with E-state index in [1.165, 1.54) is 11.1 Å². The van der Waals surface area contributed by atoms with E-state index in [-0.39, 0.29) is 22.9 Å². The largest absolute Gasteiger partial charge is 0.392 e. The van der Waals surface area contributed by atoms with E-state index in [1.54, 1.807) is 0 Å². The number of allylic oxidation sites excluding steroid dienone is 1. The minimum Gasteiger partial charge on any atom is -0.392 e. The van der Waals surface area contributed by atoms with Crippen LogP contribution in [0.15, 0.2) is 23.8 Å². The molecule has 0 bridgehead atoms. The van der Waals surface area contributed by atoms with Crippen LogP contribution in [0.5, 0.6) is 0 Å². The van der Waals surface area contributed by atoms with Gasteiger partial charge in [-0.3, -0.25) is 0 Å². The number of ether oxygens (including phenoxy) is 1. The van der Waals surface area contributed by atoms with Crippen LogP contribution in [-0.4, -0.2) is 29.2 Å². The average Bonchev–Trinajstić information content (AvgIpc) is 2.83. The molecule has 130 valence electrons. The zero-order chi connectivity index (χ0) is 16.8. The molecule has 2 saturated carbocycles. The molecule has 1 spiro atoms. The van der Waals surface area contributed by atoms with Crippen molar-refractivity contribution in [1.29, 1.82) is 0 Å². The lowest BCUT2D eigenvalue weighted by atomic mass is 9.45. The Labute approximate surface area is 140 Å². The van der Waals surface area contributed by atoms with E-state index < -0.39 is 6.29 Å². The third kappa shape index (κ3) is 2.52. The topological polar surface area (TPSA) is 49.7 Å². The van der Waals surface area contributed by atoms with Gasteiger partial charge in [-0.25, -0.2) is 0 Å². The molecule has 0 aromatic heterocycles. The van der Waals surface area contributed by atoms with Gasteiger partial charge in [0.05, 0.1) is 12.7 Å². The van der Waals surface area contributed by atoms with E-state index in [2.05, 4.69) is 33.4 Å². The highest BCUT2D eigenvalue weighted by molar-refractivity contribution is 5.21. The maximum atomic E-state index is 11.0. The van der Waals surface area contributed by atoms with E-state index in [0.29, 0.717) is 18.9 Å². The molecule has 6 atom stereocenters. The van der Waals surface area contributed by atoms with Gasteiger partial charge in [0.15, 0.2) is 6.29 Å². The summed E-state index contributed by atoms with van der Waals surface area (Å²) >= 11 is 0. The highest BCUT2D eigenvalue weighted by Gasteiger charge is 2.64. The van der Waals surface area contributed by atoms with Crippen molar-refractivity contribution in [2.75, 3.05) is 6.61 Å². The Morgan fingerprint density at radius 2 is 2.17 bits per heavy atom. The highest BCUT2D eigenvalue weighted by Crippen LogP contribution is 2.65. The van der Waals surface area contributed by atoms with Gasteiger partial charge in [0, 0.05) is 11.3 Å². The van der Waals surface area contributed by atoms with Crippen LogP contribution in [0.1, 0.15) is 59.3 Å². The number of hydrogen-bond donors (Lipinski definition) is 2. The first-order valence-corrected chi connectivity index (χ1v) is 9.11.